The van der Waals surface area contributed by atoms with Crippen molar-refractivity contribution in [2.45, 2.75) is 6.54 Å². The highest BCUT2D eigenvalue weighted by Gasteiger charge is 2.14. The van der Waals surface area contributed by atoms with Gasteiger partial charge in [0.15, 0.2) is 0 Å². The minimum Gasteiger partial charge on any atom is -0.495 e. The number of benzene rings is 2. The molecule has 2 N–H and O–H groups in total. The highest BCUT2D eigenvalue weighted by atomic mass is 35.5. The fourth-order valence-electron chi connectivity index (χ4n) is 2.44. The first-order valence-electron chi connectivity index (χ1n) is 8.86. The molecular weight excluding hydrogens is 465 g/mol. The van der Waals surface area contributed by atoms with Gasteiger partial charge in [-0.3, -0.25) is 14.6 Å². The summed E-state index contributed by atoms with van der Waals surface area (Å²) < 4.78 is 10.7. The Kier molecular flexibility index (Phi) is 7.57. The average Bonchev–Trinajstić information content (AvgIpc) is 3.21. The van der Waals surface area contributed by atoms with Gasteiger partial charge in [-0.2, -0.15) is 0 Å². The van der Waals surface area contributed by atoms with E-state index in [9.17, 15) is 9.59 Å². The molecule has 0 unspecified atom stereocenters. The molecule has 0 atom stereocenters. The van der Waals surface area contributed by atoms with Crippen LogP contribution in [0.4, 0.5) is 11.4 Å². The number of rotatable bonds is 6. The van der Waals surface area contributed by atoms with Gasteiger partial charge in [0.05, 0.1) is 40.6 Å². The summed E-state index contributed by atoms with van der Waals surface area (Å²) in [6.07, 6.45) is 1.51. The normalized spacial score (nSPS) is 10.8. The third-order valence-electron chi connectivity index (χ3n) is 3.97. The number of aliphatic imine (C=N–C) groups is 1. The summed E-state index contributed by atoms with van der Waals surface area (Å²) in [6, 6.07) is 13.0. The molecule has 3 aromatic rings. The zero-order valence-corrected chi connectivity index (χ0v) is 18.4. The molecular formula is C21H16Cl3N3O4. The number of nitrogens with zero attached hydrogens (tertiary/aromatic N) is 1. The van der Waals surface area contributed by atoms with E-state index >= 15 is 0 Å². The number of nitrogens with one attached hydrogen (secondary N) is 2. The molecule has 160 valence electrons. The third-order valence-corrected chi connectivity index (χ3v) is 5.00. The number of carbonyl (C=O) groups excluding carboxylic acids is 2. The van der Waals surface area contributed by atoms with Crippen molar-refractivity contribution in [2.24, 2.45) is 4.99 Å². The lowest BCUT2D eigenvalue weighted by molar-refractivity contribution is -0.136. The van der Waals surface area contributed by atoms with Gasteiger partial charge in [-0.15, -0.1) is 0 Å². The Morgan fingerprint density at radius 2 is 1.81 bits per heavy atom. The Morgan fingerprint density at radius 1 is 1.00 bits per heavy atom. The molecule has 0 aliphatic carbocycles. The second-order valence-electron chi connectivity index (χ2n) is 6.15. The van der Waals surface area contributed by atoms with Gasteiger partial charge >= 0.3 is 11.8 Å². The van der Waals surface area contributed by atoms with Crippen molar-refractivity contribution in [1.29, 1.82) is 0 Å². The fraction of sp³-hybridized carbons (Fsp3) is 0.0952. The van der Waals surface area contributed by atoms with Gasteiger partial charge < -0.3 is 19.8 Å². The molecule has 1 aromatic heterocycles. The summed E-state index contributed by atoms with van der Waals surface area (Å²) in [7, 11) is 1.53. The van der Waals surface area contributed by atoms with E-state index in [1.807, 2.05) is 0 Å². The first kappa shape index (κ1) is 22.7. The van der Waals surface area contributed by atoms with Crippen molar-refractivity contribution >= 4 is 64.2 Å². The van der Waals surface area contributed by atoms with Crippen molar-refractivity contribution in [1.82, 2.24) is 5.32 Å². The van der Waals surface area contributed by atoms with Crippen LogP contribution in [0.5, 0.6) is 5.75 Å². The Labute approximate surface area is 193 Å². The number of furan rings is 1. The largest absolute Gasteiger partial charge is 0.495 e. The molecule has 0 spiro atoms. The topological polar surface area (TPSA) is 92.9 Å². The molecule has 1 heterocycles. The van der Waals surface area contributed by atoms with E-state index < -0.39 is 11.8 Å². The number of hydrogen-bond donors (Lipinski definition) is 2. The molecule has 7 nitrogen and oxygen atoms in total. The number of anilines is 1. The van der Waals surface area contributed by atoms with Crippen LogP contribution < -0.4 is 15.4 Å². The molecule has 0 fully saturated rings. The first-order chi connectivity index (χ1) is 14.9. The summed E-state index contributed by atoms with van der Waals surface area (Å²) in [5.41, 5.74) is 0.973. The van der Waals surface area contributed by atoms with Gasteiger partial charge in [0, 0.05) is 5.69 Å². The maximum absolute atomic E-state index is 12.0. The molecule has 0 bridgehead atoms. The van der Waals surface area contributed by atoms with E-state index in [0.29, 0.717) is 38.7 Å². The number of hydrogen-bond acceptors (Lipinski definition) is 5. The summed E-state index contributed by atoms with van der Waals surface area (Å²) in [5.74, 6) is -0.199. The van der Waals surface area contributed by atoms with Crippen LogP contribution in [-0.4, -0.2) is 25.1 Å². The Hall–Kier alpha value is -3.00. The number of halogens is 3. The Morgan fingerprint density at radius 3 is 2.52 bits per heavy atom. The second kappa shape index (κ2) is 10.3. The van der Waals surface area contributed by atoms with E-state index in [-0.39, 0.29) is 11.6 Å². The predicted octanol–water partition coefficient (Wildman–Crippen LogP) is 5.25. The van der Waals surface area contributed by atoms with Gasteiger partial charge in [0.25, 0.3) is 0 Å². The summed E-state index contributed by atoms with van der Waals surface area (Å²) in [6.45, 7) is 0.0236. The van der Waals surface area contributed by atoms with Crippen LogP contribution in [0.15, 0.2) is 57.9 Å². The highest BCUT2D eigenvalue weighted by molar-refractivity contribution is 6.43. The third kappa shape index (κ3) is 6.24. The van der Waals surface area contributed by atoms with Crippen LogP contribution in [0.25, 0.3) is 0 Å². The lowest BCUT2D eigenvalue weighted by Crippen LogP contribution is -2.34. The molecule has 0 radical (unpaired) electrons. The van der Waals surface area contributed by atoms with E-state index in [2.05, 4.69) is 15.6 Å². The maximum Gasteiger partial charge on any atom is 0.313 e. The van der Waals surface area contributed by atoms with Crippen LogP contribution >= 0.6 is 34.8 Å². The van der Waals surface area contributed by atoms with E-state index in [1.54, 1.807) is 30.3 Å². The highest BCUT2D eigenvalue weighted by Crippen LogP contribution is 2.28. The van der Waals surface area contributed by atoms with Crippen molar-refractivity contribution in [2.75, 3.05) is 12.4 Å². The molecule has 0 aliphatic rings. The fourth-order valence-corrected chi connectivity index (χ4v) is 2.99. The Bertz CT molecular complexity index is 1140. The van der Waals surface area contributed by atoms with Crippen LogP contribution in [0, 0.1) is 0 Å². The maximum atomic E-state index is 12.0. The molecule has 0 aliphatic heterocycles. The number of methoxy groups -OCH3 is 1. The molecule has 2 amide bonds. The molecule has 0 saturated heterocycles. The smallest absolute Gasteiger partial charge is 0.313 e. The summed E-state index contributed by atoms with van der Waals surface area (Å²) in [4.78, 5) is 28.3. The van der Waals surface area contributed by atoms with E-state index in [4.69, 9.17) is 44.0 Å². The standard InChI is InChI=1S/C21H16Cl3N3O4/c1-30-19-7-3-12(8-18(19)24)25-10-14-4-5-15(31-14)11-26-20(28)21(29)27-13-2-6-16(22)17(23)9-13/h2-10H,11H2,1H3,(H,26,28)(H,27,29). The summed E-state index contributed by atoms with van der Waals surface area (Å²) in [5, 5.41) is 5.96. The van der Waals surface area contributed by atoms with Crippen LogP contribution in [0.3, 0.4) is 0 Å². The quantitative estimate of drug-likeness (QED) is 0.372. The number of amides is 2. The van der Waals surface area contributed by atoms with Crippen molar-refractivity contribution in [3.05, 3.63) is 75.1 Å². The predicted molar refractivity (Wildman–Crippen MR) is 121 cm³/mol. The summed E-state index contributed by atoms with van der Waals surface area (Å²) >= 11 is 17.8. The average molecular weight is 481 g/mol. The van der Waals surface area contributed by atoms with E-state index in [1.165, 1.54) is 31.5 Å². The first-order valence-corrected chi connectivity index (χ1v) is 9.99. The van der Waals surface area contributed by atoms with Gasteiger partial charge in [0.1, 0.15) is 17.3 Å². The number of carbonyl (C=O) groups is 2. The molecule has 10 heteroatoms. The van der Waals surface area contributed by atoms with Crippen LogP contribution in [0.1, 0.15) is 11.5 Å². The minimum absolute atomic E-state index is 0.0236. The molecule has 31 heavy (non-hydrogen) atoms. The minimum atomic E-state index is -0.844. The number of ether oxygens (including phenoxy) is 1. The zero-order chi connectivity index (χ0) is 22.4. The van der Waals surface area contributed by atoms with Gasteiger partial charge in [-0.1, -0.05) is 34.8 Å². The van der Waals surface area contributed by atoms with Crippen molar-refractivity contribution < 1.29 is 18.7 Å². The molecule has 2 aromatic carbocycles. The SMILES string of the molecule is COc1ccc(N=Cc2ccc(CNC(=O)C(=O)Nc3ccc(Cl)c(Cl)c3)o2)cc1Cl. The van der Waals surface area contributed by atoms with Gasteiger partial charge in [-0.25, -0.2) is 0 Å². The molecule has 3 rings (SSSR count). The monoisotopic (exact) mass is 479 g/mol. The second-order valence-corrected chi connectivity index (χ2v) is 7.37. The Balaban J connectivity index is 1.53. The zero-order valence-electron chi connectivity index (χ0n) is 16.1. The van der Waals surface area contributed by atoms with E-state index in [0.717, 1.165) is 0 Å². The van der Waals surface area contributed by atoms with Crippen molar-refractivity contribution in [3.8, 4) is 5.75 Å². The van der Waals surface area contributed by atoms with Crippen LogP contribution in [0.2, 0.25) is 15.1 Å². The van der Waals surface area contributed by atoms with Gasteiger partial charge in [-0.05, 0) is 48.5 Å². The lowest BCUT2D eigenvalue weighted by Gasteiger charge is -2.06. The lowest BCUT2D eigenvalue weighted by atomic mass is 10.3. The molecule has 0 saturated carbocycles. The van der Waals surface area contributed by atoms with Crippen molar-refractivity contribution in [3.63, 3.8) is 0 Å². The van der Waals surface area contributed by atoms with Crippen LogP contribution in [-0.2, 0) is 16.1 Å². The van der Waals surface area contributed by atoms with Gasteiger partial charge in [0.2, 0.25) is 0 Å².